The van der Waals surface area contributed by atoms with E-state index >= 15 is 0 Å². The van der Waals surface area contributed by atoms with Crippen LogP contribution >= 0.6 is 11.8 Å². The van der Waals surface area contributed by atoms with Gasteiger partial charge in [0.2, 0.25) is 0 Å². The average molecular weight is 277 g/mol. The number of hydrogen-bond donors (Lipinski definition) is 2. The van der Waals surface area contributed by atoms with Gasteiger partial charge in [-0.05, 0) is 29.5 Å². The molecule has 2 rings (SSSR count). The van der Waals surface area contributed by atoms with Crippen LogP contribution in [0.25, 0.3) is 0 Å². The lowest BCUT2D eigenvalue weighted by molar-refractivity contribution is 0.432. The van der Waals surface area contributed by atoms with Crippen LogP contribution in [-0.2, 0) is 6.54 Å². The summed E-state index contributed by atoms with van der Waals surface area (Å²) in [6.45, 7) is 2.75. The predicted molar refractivity (Wildman–Crippen MR) is 78.2 cm³/mol. The van der Waals surface area contributed by atoms with Crippen molar-refractivity contribution in [2.75, 3.05) is 11.1 Å². The molecule has 2 aromatic rings. The van der Waals surface area contributed by atoms with Crippen molar-refractivity contribution in [1.82, 2.24) is 0 Å². The molecule has 0 aliphatic rings. The van der Waals surface area contributed by atoms with Gasteiger partial charge < -0.3 is 10.4 Å². The molecule has 0 aromatic heterocycles. The Kier molecular flexibility index (Phi) is 4.68. The van der Waals surface area contributed by atoms with Gasteiger partial charge in [0, 0.05) is 23.2 Å². The average Bonchev–Trinajstić information content (AvgIpc) is 2.42. The minimum Gasteiger partial charge on any atom is -0.505 e. The van der Waals surface area contributed by atoms with Gasteiger partial charge in [-0.1, -0.05) is 25.1 Å². The van der Waals surface area contributed by atoms with Crippen LogP contribution in [-0.4, -0.2) is 10.9 Å². The molecule has 0 saturated heterocycles. The van der Waals surface area contributed by atoms with Crippen LogP contribution in [0.2, 0.25) is 0 Å². The largest absolute Gasteiger partial charge is 0.505 e. The lowest BCUT2D eigenvalue weighted by Gasteiger charge is -2.11. The van der Waals surface area contributed by atoms with Gasteiger partial charge in [0.05, 0.1) is 0 Å². The molecule has 0 atom stereocenters. The van der Waals surface area contributed by atoms with Gasteiger partial charge in [0.1, 0.15) is 0 Å². The van der Waals surface area contributed by atoms with Crippen molar-refractivity contribution in [3.63, 3.8) is 0 Å². The zero-order valence-corrected chi connectivity index (χ0v) is 11.5. The summed E-state index contributed by atoms with van der Waals surface area (Å²) < 4.78 is 13.2. The van der Waals surface area contributed by atoms with Crippen molar-refractivity contribution in [1.29, 1.82) is 0 Å². The normalized spacial score (nSPS) is 10.4. The van der Waals surface area contributed by atoms with E-state index in [1.54, 1.807) is 17.8 Å². The molecular formula is C15H16FNOS. The molecule has 0 aliphatic heterocycles. The third-order valence-electron chi connectivity index (χ3n) is 2.70. The number of phenols is 1. The van der Waals surface area contributed by atoms with Crippen LogP contribution in [0.4, 0.5) is 10.1 Å². The van der Waals surface area contributed by atoms with E-state index in [1.807, 2.05) is 12.1 Å². The number of nitrogens with one attached hydrogen (secondary N) is 1. The maximum absolute atomic E-state index is 13.2. The Labute approximate surface area is 116 Å². The van der Waals surface area contributed by atoms with Gasteiger partial charge in [-0.25, -0.2) is 4.39 Å². The van der Waals surface area contributed by atoms with E-state index in [1.165, 1.54) is 22.6 Å². The fraction of sp³-hybridized carbons (Fsp3) is 0.200. The molecule has 0 radical (unpaired) electrons. The summed E-state index contributed by atoms with van der Waals surface area (Å²) in [5, 5.41) is 12.3. The summed E-state index contributed by atoms with van der Waals surface area (Å²) in [5.41, 5.74) is 1.84. The molecule has 4 heteroatoms. The Bertz CT molecular complexity index is 560. The zero-order valence-electron chi connectivity index (χ0n) is 10.7. The molecule has 0 amide bonds. The quantitative estimate of drug-likeness (QED) is 0.633. The maximum atomic E-state index is 13.2. The first-order valence-electron chi connectivity index (χ1n) is 6.13. The molecule has 0 bridgehead atoms. The SMILES string of the molecule is CCSc1ccccc1CNc1ccc(O)c(F)c1. The Morgan fingerprint density at radius 1 is 1.21 bits per heavy atom. The summed E-state index contributed by atoms with van der Waals surface area (Å²) >= 11 is 1.79. The summed E-state index contributed by atoms with van der Waals surface area (Å²) in [4.78, 5) is 1.23. The predicted octanol–water partition coefficient (Wildman–Crippen LogP) is 4.26. The fourth-order valence-corrected chi connectivity index (χ4v) is 2.57. The van der Waals surface area contributed by atoms with Crippen molar-refractivity contribution < 1.29 is 9.50 Å². The van der Waals surface area contributed by atoms with Crippen LogP contribution in [0.1, 0.15) is 12.5 Å². The second-order valence-corrected chi connectivity index (χ2v) is 5.37. The molecule has 0 aliphatic carbocycles. The Morgan fingerprint density at radius 2 is 2.00 bits per heavy atom. The Balaban J connectivity index is 2.07. The van der Waals surface area contributed by atoms with E-state index < -0.39 is 5.82 Å². The van der Waals surface area contributed by atoms with E-state index in [0.29, 0.717) is 12.2 Å². The van der Waals surface area contributed by atoms with Gasteiger partial charge in [-0.2, -0.15) is 0 Å². The molecule has 2 nitrogen and oxygen atoms in total. The number of halogens is 1. The molecule has 0 unspecified atom stereocenters. The maximum Gasteiger partial charge on any atom is 0.166 e. The standard InChI is InChI=1S/C15H16FNOS/c1-2-19-15-6-4-3-5-11(15)10-17-12-7-8-14(18)13(16)9-12/h3-9,17-18H,2,10H2,1H3. The molecule has 0 fully saturated rings. The Morgan fingerprint density at radius 3 is 2.74 bits per heavy atom. The van der Waals surface area contributed by atoms with Crippen molar-refractivity contribution in [2.45, 2.75) is 18.4 Å². The highest BCUT2D eigenvalue weighted by Gasteiger charge is 2.04. The summed E-state index contributed by atoms with van der Waals surface area (Å²) in [6.07, 6.45) is 0. The number of hydrogen-bond acceptors (Lipinski definition) is 3. The molecular weight excluding hydrogens is 261 g/mol. The van der Waals surface area contributed by atoms with Crippen molar-refractivity contribution in [3.05, 3.63) is 53.8 Å². The van der Waals surface area contributed by atoms with Crippen LogP contribution < -0.4 is 5.32 Å². The smallest absolute Gasteiger partial charge is 0.166 e. The molecule has 19 heavy (non-hydrogen) atoms. The number of aromatic hydroxyl groups is 1. The summed E-state index contributed by atoms with van der Waals surface area (Å²) in [5.74, 6) is 0.0823. The minimum atomic E-state index is -0.610. The molecule has 0 saturated carbocycles. The van der Waals surface area contributed by atoms with Crippen LogP contribution in [0.3, 0.4) is 0 Å². The van der Waals surface area contributed by atoms with Gasteiger partial charge in [-0.3, -0.25) is 0 Å². The number of phenolic OH excluding ortho intramolecular Hbond substituents is 1. The van der Waals surface area contributed by atoms with Gasteiger partial charge in [0.25, 0.3) is 0 Å². The van der Waals surface area contributed by atoms with Crippen molar-refractivity contribution in [2.24, 2.45) is 0 Å². The summed E-state index contributed by atoms with van der Waals surface area (Å²) in [6, 6.07) is 12.5. The highest BCUT2D eigenvalue weighted by Crippen LogP contribution is 2.24. The minimum absolute atomic E-state index is 0.326. The monoisotopic (exact) mass is 277 g/mol. The Hall–Kier alpha value is -1.68. The lowest BCUT2D eigenvalue weighted by atomic mass is 10.2. The molecule has 2 N–H and O–H groups in total. The topological polar surface area (TPSA) is 32.3 Å². The van der Waals surface area contributed by atoms with E-state index in [2.05, 4.69) is 24.4 Å². The van der Waals surface area contributed by atoms with Gasteiger partial charge in [0.15, 0.2) is 11.6 Å². The molecule has 100 valence electrons. The van der Waals surface area contributed by atoms with Crippen molar-refractivity contribution in [3.8, 4) is 5.75 Å². The van der Waals surface area contributed by atoms with Crippen LogP contribution in [0, 0.1) is 5.82 Å². The second-order valence-electron chi connectivity index (χ2n) is 4.06. The third-order valence-corrected chi connectivity index (χ3v) is 3.70. The number of thioether (sulfide) groups is 1. The van der Waals surface area contributed by atoms with Crippen LogP contribution in [0.5, 0.6) is 5.75 Å². The molecule has 0 spiro atoms. The highest BCUT2D eigenvalue weighted by molar-refractivity contribution is 7.99. The van der Waals surface area contributed by atoms with Crippen LogP contribution in [0.15, 0.2) is 47.4 Å². The number of anilines is 1. The number of benzene rings is 2. The van der Waals surface area contributed by atoms with E-state index in [4.69, 9.17) is 5.11 Å². The second kappa shape index (κ2) is 6.48. The van der Waals surface area contributed by atoms with Crippen molar-refractivity contribution >= 4 is 17.4 Å². The highest BCUT2D eigenvalue weighted by atomic mass is 32.2. The van der Waals surface area contributed by atoms with E-state index in [0.717, 1.165) is 5.75 Å². The zero-order chi connectivity index (χ0) is 13.7. The first kappa shape index (κ1) is 13.7. The van der Waals surface area contributed by atoms with Gasteiger partial charge >= 0.3 is 0 Å². The first-order chi connectivity index (χ1) is 9.20. The van der Waals surface area contributed by atoms with E-state index in [9.17, 15) is 4.39 Å². The lowest BCUT2D eigenvalue weighted by Crippen LogP contribution is -2.01. The van der Waals surface area contributed by atoms with E-state index in [-0.39, 0.29) is 5.75 Å². The number of rotatable bonds is 5. The third kappa shape index (κ3) is 3.64. The first-order valence-corrected chi connectivity index (χ1v) is 7.12. The van der Waals surface area contributed by atoms with Gasteiger partial charge in [-0.15, -0.1) is 11.8 Å². The molecule has 0 heterocycles. The molecule has 2 aromatic carbocycles. The fourth-order valence-electron chi connectivity index (χ4n) is 1.76. The summed E-state index contributed by atoms with van der Waals surface area (Å²) in [7, 11) is 0.